The fourth-order valence-electron chi connectivity index (χ4n) is 2.72. The Morgan fingerprint density at radius 3 is 2.50 bits per heavy atom. The average Bonchev–Trinajstić information content (AvgIpc) is 2.66. The maximum absolute atomic E-state index is 12.3. The van der Waals surface area contributed by atoms with E-state index >= 15 is 0 Å². The number of ether oxygens (including phenoxy) is 2. The van der Waals surface area contributed by atoms with Gasteiger partial charge in [0.15, 0.2) is 0 Å². The molecular weight excluding hydrogens is 386 g/mol. The van der Waals surface area contributed by atoms with Crippen molar-refractivity contribution in [1.82, 2.24) is 9.38 Å². The molecule has 0 spiro atoms. The fraction of sp³-hybridized carbons (Fsp3) is 0.273. The van der Waals surface area contributed by atoms with Gasteiger partial charge in [-0.25, -0.2) is 14.6 Å². The first kappa shape index (κ1) is 21.0. The van der Waals surface area contributed by atoms with Gasteiger partial charge in [0.25, 0.3) is 5.56 Å². The summed E-state index contributed by atoms with van der Waals surface area (Å²) in [5, 5.41) is 2.59. The van der Waals surface area contributed by atoms with Gasteiger partial charge in [-0.2, -0.15) is 0 Å². The highest BCUT2D eigenvalue weighted by molar-refractivity contribution is 5.91. The Bertz CT molecular complexity index is 1140. The molecule has 0 aliphatic carbocycles. The van der Waals surface area contributed by atoms with Crippen molar-refractivity contribution >= 4 is 23.4 Å². The molecule has 0 unspecified atom stereocenters. The number of nitrogens with one attached hydrogen (secondary N) is 1. The number of aryl methyl sites for hydroxylation is 1. The third-order valence-corrected chi connectivity index (χ3v) is 4.06. The summed E-state index contributed by atoms with van der Waals surface area (Å²) in [5.74, 6) is -0.564. The van der Waals surface area contributed by atoms with E-state index < -0.39 is 17.7 Å². The molecule has 0 bridgehead atoms. The monoisotopic (exact) mass is 409 g/mol. The van der Waals surface area contributed by atoms with E-state index in [0.29, 0.717) is 22.6 Å². The van der Waals surface area contributed by atoms with Crippen molar-refractivity contribution < 1.29 is 19.1 Å². The Hall–Kier alpha value is -3.68. The standard InChI is InChI=1S/C22H23N3O5/c1-14-6-5-11-25-18(26)12-17(23-19(14)25)13-29-20(27)15-7-9-16(10-8-15)24-21(28)30-22(2,3)4/h5-12H,13H2,1-4H3,(H,24,28). The number of hydrogen-bond donors (Lipinski definition) is 1. The van der Waals surface area contributed by atoms with Crippen LogP contribution in [0.2, 0.25) is 0 Å². The van der Waals surface area contributed by atoms with Crippen molar-refractivity contribution in [3.8, 4) is 0 Å². The zero-order chi connectivity index (χ0) is 21.9. The summed E-state index contributed by atoms with van der Waals surface area (Å²) >= 11 is 0. The number of anilines is 1. The highest BCUT2D eigenvalue weighted by Crippen LogP contribution is 2.14. The van der Waals surface area contributed by atoms with Gasteiger partial charge < -0.3 is 9.47 Å². The quantitative estimate of drug-likeness (QED) is 0.660. The summed E-state index contributed by atoms with van der Waals surface area (Å²) in [5.41, 5.74) is 1.67. The van der Waals surface area contributed by atoms with Crippen molar-refractivity contribution in [2.24, 2.45) is 0 Å². The zero-order valence-corrected chi connectivity index (χ0v) is 17.3. The lowest BCUT2D eigenvalue weighted by Crippen LogP contribution is -2.27. The first-order valence-electron chi connectivity index (χ1n) is 9.37. The summed E-state index contributed by atoms with van der Waals surface area (Å²) < 4.78 is 11.9. The van der Waals surface area contributed by atoms with Gasteiger partial charge in [-0.3, -0.25) is 14.5 Å². The predicted molar refractivity (Wildman–Crippen MR) is 112 cm³/mol. The number of nitrogens with zero attached hydrogens (tertiary/aromatic N) is 2. The minimum absolute atomic E-state index is 0.128. The summed E-state index contributed by atoms with van der Waals surface area (Å²) in [6, 6.07) is 11.2. The third kappa shape index (κ3) is 5.22. The van der Waals surface area contributed by atoms with Crippen LogP contribution in [0.4, 0.5) is 10.5 Å². The van der Waals surface area contributed by atoms with Crippen LogP contribution in [0.25, 0.3) is 5.65 Å². The zero-order valence-electron chi connectivity index (χ0n) is 17.3. The summed E-state index contributed by atoms with van der Waals surface area (Å²) in [6.07, 6.45) is 1.06. The smallest absolute Gasteiger partial charge is 0.412 e. The number of aromatic nitrogens is 2. The van der Waals surface area contributed by atoms with Crippen molar-refractivity contribution in [1.29, 1.82) is 0 Å². The van der Waals surface area contributed by atoms with Crippen LogP contribution in [0.15, 0.2) is 53.5 Å². The number of carbonyl (C=O) groups excluding carboxylic acids is 2. The Kier molecular flexibility index (Phi) is 5.86. The van der Waals surface area contributed by atoms with Crippen LogP contribution in [0, 0.1) is 6.92 Å². The average molecular weight is 409 g/mol. The second-order valence-corrected chi connectivity index (χ2v) is 7.75. The van der Waals surface area contributed by atoms with E-state index in [-0.39, 0.29) is 12.2 Å². The molecule has 1 aromatic carbocycles. The van der Waals surface area contributed by atoms with Crippen LogP contribution in [0.1, 0.15) is 42.4 Å². The molecule has 3 aromatic rings. The number of rotatable bonds is 4. The predicted octanol–water partition coefficient (Wildman–Crippen LogP) is 3.71. The van der Waals surface area contributed by atoms with Crippen molar-refractivity contribution in [2.45, 2.75) is 39.9 Å². The van der Waals surface area contributed by atoms with Crippen molar-refractivity contribution in [2.75, 3.05) is 5.32 Å². The molecule has 8 heteroatoms. The van der Waals surface area contributed by atoms with Gasteiger partial charge >= 0.3 is 12.1 Å². The molecule has 0 saturated heterocycles. The highest BCUT2D eigenvalue weighted by Gasteiger charge is 2.16. The molecule has 1 N–H and O–H groups in total. The number of hydrogen-bond acceptors (Lipinski definition) is 6. The molecule has 0 aliphatic heterocycles. The number of esters is 1. The van der Waals surface area contributed by atoms with Gasteiger partial charge in [-0.05, 0) is 63.6 Å². The topological polar surface area (TPSA) is 99.0 Å². The lowest BCUT2D eigenvalue weighted by molar-refractivity contribution is 0.0467. The Morgan fingerprint density at radius 2 is 1.83 bits per heavy atom. The molecule has 2 aromatic heterocycles. The molecule has 156 valence electrons. The molecule has 0 fully saturated rings. The first-order valence-corrected chi connectivity index (χ1v) is 9.37. The molecule has 0 radical (unpaired) electrons. The van der Waals surface area contributed by atoms with Crippen LogP contribution in [0.5, 0.6) is 0 Å². The summed E-state index contributed by atoms with van der Waals surface area (Å²) in [6.45, 7) is 7.03. The minimum atomic E-state index is -0.606. The molecule has 30 heavy (non-hydrogen) atoms. The van der Waals surface area contributed by atoms with Crippen molar-refractivity contribution in [3.05, 3.63) is 75.8 Å². The Balaban J connectivity index is 1.64. The first-order chi connectivity index (χ1) is 14.1. The van der Waals surface area contributed by atoms with Gasteiger partial charge in [0.05, 0.1) is 11.3 Å². The van der Waals surface area contributed by atoms with Crippen molar-refractivity contribution in [3.63, 3.8) is 0 Å². The summed E-state index contributed by atoms with van der Waals surface area (Å²) in [4.78, 5) is 40.7. The normalized spacial score (nSPS) is 11.2. The van der Waals surface area contributed by atoms with E-state index in [1.807, 2.05) is 13.0 Å². The molecule has 2 heterocycles. The van der Waals surface area contributed by atoms with Gasteiger partial charge in [-0.15, -0.1) is 0 Å². The van der Waals surface area contributed by atoms with Gasteiger partial charge in [0.1, 0.15) is 17.9 Å². The molecule has 8 nitrogen and oxygen atoms in total. The van der Waals surface area contributed by atoms with Crippen LogP contribution < -0.4 is 10.9 Å². The molecule has 1 amide bonds. The van der Waals surface area contributed by atoms with Crippen LogP contribution in [-0.4, -0.2) is 27.0 Å². The SMILES string of the molecule is Cc1cccn2c(=O)cc(COC(=O)c3ccc(NC(=O)OC(C)(C)C)cc3)nc12. The third-order valence-electron chi connectivity index (χ3n) is 4.06. The van der Waals surface area contributed by atoms with E-state index in [4.69, 9.17) is 9.47 Å². The molecule has 0 aliphatic rings. The van der Waals surface area contributed by atoms with E-state index in [9.17, 15) is 14.4 Å². The van der Waals surface area contributed by atoms with Crippen LogP contribution in [-0.2, 0) is 16.1 Å². The number of benzene rings is 1. The van der Waals surface area contributed by atoms with Gasteiger partial charge in [0, 0.05) is 18.0 Å². The second kappa shape index (κ2) is 8.36. The van der Waals surface area contributed by atoms with Crippen LogP contribution >= 0.6 is 0 Å². The molecule has 0 saturated carbocycles. The number of carbonyl (C=O) groups is 2. The van der Waals surface area contributed by atoms with E-state index in [1.165, 1.54) is 22.6 Å². The van der Waals surface area contributed by atoms with Crippen LogP contribution in [0.3, 0.4) is 0 Å². The largest absolute Gasteiger partial charge is 0.456 e. The van der Waals surface area contributed by atoms with E-state index in [1.54, 1.807) is 45.2 Å². The lowest BCUT2D eigenvalue weighted by atomic mass is 10.2. The lowest BCUT2D eigenvalue weighted by Gasteiger charge is -2.19. The van der Waals surface area contributed by atoms with Gasteiger partial charge in [0.2, 0.25) is 0 Å². The summed E-state index contributed by atoms with van der Waals surface area (Å²) in [7, 11) is 0. The van der Waals surface area contributed by atoms with Gasteiger partial charge in [-0.1, -0.05) is 6.07 Å². The second-order valence-electron chi connectivity index (χ2n) is 7.75. The Morgan fingerprint density at radius 1 is 1.13 bits per heavy atom. The molecule has 3 rings (SSSR count). The minimum Gasteiger partial charge on any atom is -0.456 e. The number of pyridine rings is 1. The highest BCUT2D eigenvalue weighted by atomic mass is 16.6. The maximum Gasteiger partial charge on any atom is 0.412 e. The molecule has 0 atom stereocenters. The van der Waals surface area contributed by atoms with E-state index in [2.05, 4.69) is 10.3 Å². The van der Waals surface area contributed by atoms with E-state index in [0.717, 1.165) is 5.56 Å². The molecular formula is C22H23N3O5. The number of amides is 1. The Labute approximate surface area is 173 Å². The number of fused-ring (bicyclic) bond motifs is 1. The fourth-order valence-corrected chi connectivity index (χ4v) is 2.72. The maximum atomic E-state index is 12.3.